The molecule has 4 amide bonds. The van der Waals surface area contributed by atoms with Gasteiger partial charge >= 0.3 is 6.03 Å². The van der Waals surface area contributed by atoms with E-state index in [1.54, 1.807) is 6.92 Å². The van der Waals surface area contributed by atoms with E-state index in [9.17, 15) is 14.4 Å². The summed E-state index contributed by atoms with van der Waals surface area (Å²) in [6.07, 6.45) is 2.41. The molecule has 0 radical (unpaired) electrons. The van der Waals surface area contributed by atoms with Crippen molar-refractivity contribution in [1.82, 2.24) is 20.7 Å². The van der Waals surface area contributed by atoms with Crippen molar-refractivity contribution in [3.8, 4) is 0 Å². The standard InChI is InChI=1S/C18H24N4O3/c1-4-18(2)16(24)22(17(25)19-18)20-15(23)11-21(3)14-10-9-12-7-5-6-8-13(12)14/h5-8,14H,4,9-11H2,1-3H3,(H,19,25)(H,20,23)/t14-,18+/m1/s1. The fourth-order valence-corrected chi connectivity index (χ4v) is 3.51. The van der Waals surface area contributed by atoms with E-state index in [-0.39, 0.29) is 18.5 Å². The van der Waals surface area contributed by atoms with Gasteiger partial charge in [-0.1, -0.05) is 31.2 Å². The van der Waals surface area contributed by atoms with E-state index in [0.717, 1.165) is 17.9 Å². The minimum absolute atomic E-state index is 0.110. The summed E-state index contributed by atoms with van der Waals surface area (Å²) in [5, 5.41) is 3.41. The Bertz CT molecular complexity index is 720. The van der Waals surface area contributed by atoms with Crippen molar-refractivity contribution < 1.29 is 14.4 Å². The predicted molar refractivity (Wildman–Crippen MR) is 92.4 cm³/mol. The lowest BCUT2D eigenvalue weighted by Gasteiger charge is -2.25. The Labute approximate surface area is 147 Å². The molecule has 0 saturated carbocycles. The van der Waals surface area contributed by atoms with Crippen LogP contribution < -0.4 is 10.7 Å². The molecule has 7 nitrogen and oxygen atoms in total. The zero-order chi connectivity index (χ0) is 18.2. The van der Waals surface area contributed by atoms with E-state index in [1.165, 1.54) is 11.1 Å². The summed E-state index contributed by atoms with van der Waals surface area (Å²) in [6, 6.07) is 7.82. The number of aryl methyl sites for hydroxylation is 1. The number of hydrogen-bond donors (Lipinski definition) is 2. The van der Waals surface area contributed by atoms with Gasteiger partial charge in [-0.25, -0.2) is 4.79 Å². The van der Waals surface area contributed by atoms with Crippen LogP contribution in [0.2, 0.25) is 0 Å². The Balaban J connectivity index is 1.62. The zero-order valence-corrected chi connectivity index (χ0v) is 14.8. The Morgan fingerprint density at radius 1 is 1.40 bits per heavy atom. The third kappa shape index (κ3) is 3.11. The molecule has 2 aliphatic rings. The summed E-state index contributed by atoms with van der Waals surface area (Å²) < 4.78 is 0. The van der Waals surface area contributed by atoms with Crippen LogP contribution >= 0.6 is 0 Å². The number of carbonyl (C=O) groups is 3. The average Bonchev–Trinajstić information content (AvgIpc) is 3.10. The molecule has 1 aromatic rings. The molecular formula is C18H24N4O3. The molecule has 0 spiro atoms. The smallest absolute Gasteiger partial charge is 0.322 e. The van der Waals surface area contributed by atoms with Crippen molar-refractivity contribution in [2.45, 2.75) is 44.7 Å². The molecule has 1 heterocycles. The van der Waals surface area contributed by atoms with Crippen molar-refractivity contribution >= 4 is 17.8 Å². The highest BCUT2D eigenvalue weighted by Crippen LogP contribution is 2.34. The van der Waals surface area contributed by atoms with Crippen LogP contribution in [0.4, 0.5) is 4.79 Å². The molecule has 0 bridgehead atoms. The summed E-state index contributed by atoms with van der Waals surface area (Å²) in [5.74, 6) is -0.807. The monoisotopic (exact) mass is 344 g/mol. The number of nitrogens with one attached hydrogen (secondary N) is 2. The van der Waals surface area contributed by atoms with Gasteiger partial charge in [0.1, 0.15) is 5.54 Å². The van der Waals surface area contributed by atoms with Gasteiger partial charge in [-0.2, -0.15) is 5.01 Å². The number of likely N-dealkylation sites (N-methyl/N-ethyl adjacent to an activating group) is 1. The van der Waals surface area contributed by atoms with Crippen LogP contribution in [0, 0.1) is 0 Å². The summed E-state index contributed by atoms with van der Waals surface area (Å²) in [7, 11) is 1.88. The number of hydrogen-bond acceptors (Lipinski definition) is 4. The van der Waals surface area contributed by atoms with Crippen LogP contribution in [0.1, 0.15) is 43.9 Å². The molecule has 7 heteroatoms. The van der Waals surface area contributed by atoms with Gasteiger partial charge in [0, 0.05) is 6.04 Å². The molecule has 0 unspecified atom stereocenters. The SMILES string of the molecule is CC[C@]1(C)NC(=O)N(NC(=O)CN(C)[C@@H]2CCc3ccccc32)C1=O. The minimum atomic E-state index is -0.958. The van der Waals surface area contributed by atoms with Gasteiger partial charge in [-0.15, -0.1) is 0 Å². The predicted octanol–water partition coefficient (Wildman–Crippen LogP) is 1.36. The molecule has 1 saturated heterocycles. The Morgan fingerprint density at radius 2 is 2.12 bits per heavy atom. The van der Waals surface area contributed by atoms with Crippen molar-refractivity contribution in [3.63, 3.8) is 0 Å². The molecule has 1 aliphatic heterocycles. The molecule has 25 heavy (non-hydrogen) atoms. The third-order valence-corrected chi connectivity index (χ3v) is 5.23. The summed E-state index contributed by atoms with van der Waals surface area (Å²) in [5.41, 5.74) is 4.03. The van der Waals surface area contributed by atoms with Crippen LogP contribution in [0.5, 0.6) is 0 Å². The van der Waals surface area contributed by atoms with E-state index in [0.29, 0.717) is 6.42 Å². The lowest BCUT2D eigenvalue weighted by molar-refractivity contribution is -0.139. The highest BCUT2D eigenvalue weighted by molar-refractivity contribution is 6.07. The second kappa shape index (κ2) is 6.48. The first-order valence-electron chi connectivity index (χ1n) is 8.60. The zero-order valence-electron chi connectivity index (χ0n) is 14.8. The van der Waals surface area contributed by atoms with Gasteiger partial charge in [0.05, 0.1) is 6.54 Å². The number of urea groups is 1. The molecule has 134 valence electrons. The molecule has 3 rings (SSSR count). The number of fused-ring (bicyclic) bond motifs is 1. The molecule has 1 fully saturated rings. The minimum Gasteiger partial charge on any atom is -0.322 e. The Hall–Kier alpha value is -2.41. The maximum atomic E-state index is 12.3. The van der Waals surface area contributed by atoms with Gasteiger partial charge in [0.25, 0.3) is 11.8 Å². The first-order valence-corrected chi connectivity index (χ1v) is 8.60. The molecular weight excluding hydrogens is 320 g/mol. The van der Waals surface area contributed by atoms with Crippen LogP contribution in [0.15, 0.2) is 24.3 Å². The topological polar surface area (TPSA) is 81.8 Å². The van der Waals surface area contributed by atoms with Crippen molar-refractivity contribution in [3.05, 3.63) is 35.4 Å². The quantitative estimate of drug-likeness (QED) is 0.790. The second-order valence-electron chi connectivity index (χ2n) is 6.96. The third-order valence-electron chi connectivity index (χ3n) is 5.23. The number of rotatable bonds is 5. The van der Waals surface area contributed by atoms with Gasteiger partial charge in [0.15, 0.2) is 0 Å². The van der Waals surface area contributed by atoms with Gasteiger partial charge in [-0.05, 0) is 44.4 Å². The van der Waals surface area contributed by atoms with Crippen molar-refractivity contribution in [2.75, 3.05) is 13.6 Å². The maximum Gasteiger partial charge on any atom is 0.344 e. The first-order chi connectivity index (χ1) is 11.9. The van der Waals surface area contributed by atoms with Gasteiger partial charge in [-0.3, -0.25) is 19.9 Å². The first kappa shape index (κ1) is 17.4. The van der Waals surface area contributed by atoms with E-state index in [2.05, 4.69) is 22.9 Å². The van der Waals surface area contributed by atoms with E-state index < -0.39 is 17.5 Å². The second-order valence-corrected chi connectivity index (χ2v) is 6.96. The van der Waals surface area contributed by atoms with E-state index in [4.69, 9.17) is 0 Å². The van der Waals surface area contributed by atoms with Crippen molar-refractivity contribution in [2.24, 2.45) is 0 Å². The van der Waals surface area contributed by atoms with Gasteiger partial charge in [0.2, 0.25) is 0 Å². The Morgan fingerprint density at radius 3 is 2.80 bits per heavy atom. The normalized spacial score (nSPS) is 25.3. The Kier molecular flexibility index (Phi) is 4.51. The summed E-state index contributed by atoms with van der Waals surface area (Å²) in [6.45, 7) is 3.58. The van der Waals surface area contributed by atoms with E-state index in [1.807, 2.05) is 31.0 Å². The number of carbonyl (C=O) groups excluding carboxylic acids is 3. The fourth-order valence-electron chi connectivity index (χ4n) is 3.51. The molecule has 0 aromatic heterocycles. The number of hydrazine groups is 1. The van der Waals surface area contributed by atoms with Crippen LogP contribution in [-0.4, -0.2) is 46.9 Å². The molecule has 2 atom stereocenters. The van der Waals surface area contributed by atoms with Crippen LogP contribution in [-0.2, 0) is 16.0 Å². The highest BCUT2D eigenvalue weighted by Gasteiger charge is 2.47. The van der Waals surface area contributed by atoms with E-state index >= 15 is 0 Å². The highest BCUT2D eigenvalue weighted by atomic mass is 16.2. The largest absolute Gasteiger partial charge is 0.344 e. The van der Waals surface area contributed by atoms with Crippen LogP contribution in [0.25, 0.3) is 0 Å². The maximum absolute atomic E-state index is 12.3. The molecule has 1 aromatic carbocycles. The number of imide groups is 1. The van der Waals surface area contributed by atoms with Crippen molar-refractivity contribution in [1.29, 1.82) is 0 Å². The molecule has 1 aliphatic carbocycles. The fraction of sp³-hybridized carbons (Fsp3) is 0.500. The number of amides is 4. The summed E-state index contributed by atoms with van der Waals surface area (Å²) in [4.78, 5) is 38.6. The number of nitrogens with zero attached hydrogens (tertiary/aromatic N) is 2. The lowest BCUT2D eigenvalue weighted by Crippen LogP contribution is -2.51. The molecule has 2 N–H and O–H groups in total. The summed E-state index contributed by atoms with van der Waals surface area (Å²) >= 11 is 0. The van der Waals surface area contributed by atoms with Gasteiger partial charge < -0.3 is 5.32 Å². The average molecular weight is 344 g/mol. The number of benzene rings is 1. The lowest BCUT2D eigenvalue weighted by atomic mass is 10.00. The van der Waals surface area contributed by atoms with Crippen LogP contribution in [0.3, 0.4) is 0 Å².